The summed E-state index contributed by atoms with van der Waals surface area (Å²) in [7, 11) is 0. The molecule has 1 fully saturated rings. The molecule has 4 heterocycles. The van der Waals surface area contributed by atoms with E-state index in [1.807, 2.05) is 77.5 Å². The first-order chi connectivity index (χ1) is 17.7. The highest BCUT2D eigenvalue weighted by Gasteiger charge is 2.27. The number of nitrogens with one attached hydrogen (secondary N) is 2. The smallest absolute Gasteiger partial charge is 0.225 e. The van der Waals surface area contributed by atoms with Gasteiger partial charge < -0.3 is 15.2 Å². The van der Waals surface area contributed by atoms with Crippen LogP contribution in [0, 0.1) is 5.92 Å². The molecule has 5 aromatic rings. The van der Waals surface area contributed by atoms with Crippen molar-refractivity contribution in [1.82, 2.24) is 35.0 Å². The Labute approximate surface area is 208 Å². The zero-order valence-corrected chi connectivity index (χ0v) is 19.7. The largest absolute Gasteiger partial charge is 0.354 e. The third-order valence-corrected chi connectivity index (χ3v) is 6.54. The van der Waals surface area contributed by atoms with Crippen molar-refractivity contribution in [2.45, 2.75) is 19.4 Å². The highest BCUT2D eigenvalue weighted by molar-refractivity contribution is 5.80. The molecule has 6 rings (SSSR count). The van der Waals surface area contributed by atoms with Crippen LogP contribution in [0.1, 0.15) is 18.7 Å². The van der Waals surface area contributed by atoms with Crippen LogP contribution < -0.4 is 10.2 Å². The van der Waals surface area contributed by atoms with E-state index in [4.69, 9.17) is 0 Å². The zero-order chi connectivity index (χ0) is 24.3. The molecule has 1 aliphatic heterocycles. The molecule has 9 heteroatoms. The molecule has 0 aliphatic carbocycles. The molecule has 180 valence electrons. The third-order valence-electron chi connectivity index (χ3n) is 6.54. The van der Waals surface area contributed by atoms with Crippen LogP contribution >= 0.6 is 0 Å². The van der Waals surface area contributed by atoms with Gasteiger partial charge in [0.1, 0.15) is 11.6 Å². The predicted molar refractivity (Wildman–Crippen MR) is 137 cm³/mol. The number of piperidine rings is 1. The van der Waals surface area contributed by atoms with E-state index in [9.17, 15) is 4.79 Å². The van der Waals surface area contributed by atoms with Gasteiger partial charge in [-0.25, -0.2) is 9.97 Å². The molecular formula is C27H26N8O. The number of rotatable bonds is 6. The van der Waals surface area contributed by atoms with Crippen molar-refractivity contribution in [1.29, 1.82) is 0 Å². The van der Waals surface area contributed by atoms with E-state index in [0.29, 0.717) is 18.9 Å². The predicted octanol–water partition coefficient (Wildman–Crippen LogP) is 3.74. The van der Waals surface area contributed by atoms with Crippen molar-refractivity contribution in [2.75, 3.05) is 18.0 Å². The molecule has 1 aliphatic rings. The quantitative estimate of drug-likeness (QED) is 0.385. The minimum atomic E-state index is -0.108. The van der Waals surface area contributed by atoms with E-state index in [-0.39, 0.29) is 11.8 Å². The fourth-order valence-corrected chi connectivity index (χ4v) is 4.71. The van der Waals surface area contributed by atoms with Crippen molar-refractivity contribution in [3.05, 3.63) is 84.9 Å². The first-order valence-electron chi connectivity index (χ1n) is 12.1. The maximum Gasteiger partial charge on any atom is 0.225 e. The van der Waals surface area contributed by atoms with Crippen LogP contribution in [0.15, 0.2) is 79.1 Å². The first-order valence-corrected chi connectivity index (χ1v) is 12.1. The maximum atomic E-state index is 12.9. The van der Waals surface area contributed by atoms with Crippen molar-refractivity contribution < 1.29 is 4.79 Å². The van der Waals surface area contributed by atoms with Crippen LogP contribution in [-0.4, -0.2) is 48.7 Å². The van der Waals surface area contributed by atoms with Crippen LogP contribution in [0.4, 0.5) is 5.82 Å². The van der Waals surface area contributed by atoms with Gasteiger partial charge in [-0.05, 0) is 37.1 Å². The SMILES string of the molecule is O=C(NCc1nc2ccccc2[nH]1)C1CCCN(c2ccc(-n3ccnc3-c3ccccc3)nn2)C1. The number of nitrogens with zero attached hydrogens (tertiary/aromatic N) is 6. The van der Waals surface area contributed by atoms with E-state index in [2.05, 4.69) is 35.4 Å². The minimum absolute atomic E-state index is 0.0376. The molecule has 0 bridgehead atoms. The lowest BCUT2D eigenvalue weighted by Gasteiger charge is -2.32. The van der Waals surface area contributed by atoms with E-state index in [0.717, 1.165) is 53.4 Å². The number of anilines is 1. The van der Waals surface area contributed by atoms with Crippen molar-refractivity contribution in [2.24, 2.45) is 5.92 Å². The Morgan fingerprint density at radius 2 is 1.81 bits per heavy atom. The van der Waals surface area contributed by atoms with Gasteiger partial charge in [0.05, 0.1) is 23.5 Å². The van der Waals surface area contributed by atoms with Gasteiger partial charge in [-0.15, -0.1) is 10.2 Å². The summed E-state index contributed by atoms with van der Waals surface area (Å²) in [5.41, 5.74) is 2.89. The molecule has 3 aromatic heterocycles. The average Bonchev–Trinajstić information content (AvgIpc) is 3.60. The van der Waals surface area contributed by atoms with Crippen molar-refractivity contribution in [3.63, 3.8) is 0 Å². The lowest BCUT2D eigenvalue weighted by Crippen LogP contribution is -2.43. The molecule has 2 aromatic carbocycles. The van der Waals surface area contributed by atoms with Crippen molar-refractivity contribution in [3.8, 4) is 17.2 Å². The van der Waals surface area contributed by atoms with Crippen LogP contribution in [0.2, 0.25) is 0 Å². The zero-order valence-electron chi connectivity index (χ0n) is 19.7. The second kappa shape index (κ2) is 9.61. The topological polar surface area (TPSA) is 105 Å². The lowest BCUT2D eigenvalue weighted by atomic mass is 9.97. The second-order valence-corrected chi connectivity index (χ2v) is 8.94. The van der Waals surface area contributed by atoms with Gasteiger partial charge in [0, 0.05) is 31.0 Å². The van der Waals surface area contributed by atoms with Gasteiger partial charge in [0.2, 0.25) is 5.91 Å². The molecule has 0 spiro atoms. The van der Waals surface area contributed by atoms with E-state index < -0.39 is 0 Å². The fraction of sp³-hybridized carbons (Fsp3) is 0.222. The maximum absolute atomic E-state index is 12.9. The molecular weight excluding hydrogens is 452 g/mol. The number of amides is 1. The number of H-pyrrole nitrogens is 1. The number of benzene rings is 2. The summed E-state index contributed by atoms with van der Waals surface area (Å²) in [5, 5.41) is 12.0. The van der Waals surface area contributed by atoms with Gasteiger partial charge in [0.15, 0.2) is 11.6 Å². The summed E-state index contributed by atoms with van der Waals surface area (Å²) in [6.45, 7) is 1.84. The molecule has 0 radical (unpaired) electrons. The van der Waals surface area contributed by atoms with Crippen LogP contribution in [-0.2, 0) is 11.3 Å². The Balaban J connectivity index is 1.11. The fourth-order valence-electron chi connectivity index (χ4n) is 4.71. The Morgan fingerprint density at radius 3 is 2.64 bits per heavy atom. The molecule has 9 nitrogen and oxygen atoms in total. The molecule has 2 N–H and O–H groups in total. The lowest BCUT2D eigenvalue weighted by molar-refractivity contribution is -0.125. The Morgan fingerprint density at radius 1 is 1.00 bits per heavy atom. The molecule has 1 unspecified atom stereocenters. The number of hydrogen-bond acceptors (Lipinski definition) is 6. The monoisotopic (exact) mass is 478 g/mol. The van der Waals surface area contributed by atoms with Gasteiger partial charge in [-0.2, -0.15) is 0 Å². The average molecular weight is 479 g/mol. The summed E-state index contributed by atoms with van der Waals surface area (Å²) < 4.78 is 1.93. The number of fused-ring (bicyclic) bond motifs is 1. The molecule has 1 saturated heterocycles. The van der Waals surface area contributed by atoms with Crippen molar-refractivity contribution >= 4 is 22.8 Å². The van der Waals surface area contributed by atoms with E-state index >= 15 is 0 Å². The number of hydrogen-bond donors (Lipinski definition) is 2. The highest BCUT2D eigenvalue weighted by atomic mass is 16.1. The summed E-state index contributed by atoms with van der Waals surface area (Å²) in [6.07, 6.45) is 5.42. The molecule has 1 amide bonds. The summed E-state index contributed by atoms with van der Waals surface area (Å²) in [5.74, 6) is 2.98. The first kappa shape index (κ1) is 22.0. The normalized spacial score (nSPS) is 15.8. The van der Waals surface area contributed by atoms with Gasteiger partial charge in [-0.1, -0.05) is 42.5 Å². The van der Waals surface area contributed by atoms with Crippen LogP contribution in [0.3, 0.4) is 0 Å². The van der Waals surface area contributed by atoms with Gasteiger partial charge >= 0.3 is 0 Å². The van der Waals surface area contributed by atoms with Gasteiger partial charge in [0.25, 0.3) is 0 Å². The van der Waals surface area contributed by atoms with Gasteiger partial charge in [-0.3, -0.25) is 9.36 Å². The summed E-state index contributed by atoms with van der Waals surface area (Å²) >= 11 is 0. The Bertz CT molecular complexity index is 1440. The minimum Gasteiger partial charge on any atom is -0.354 e. The number of imidazole rings is 2. The third kappa shape index (κ3) is 4.43. The Kier molecular flexibility index (Phi) is 5.87. The van der Waals surface area contributed by atoms with Crippen LogP contribution in [0.25, 0.3) is 28.2 Å². The van der Waals surface area contributed by atoms with Crippen LogP contribution in [0.5, 0.6) is 0 Å². The summed E-state index contributed by atoms with van der Waals surface area (Å²) in [4.78, 5) is 27.3. The number of carbonyl (C=O) groups is 1. The standard InChI is InChI=1S/C27H26N8O/c36-27(29-17-23-30-21-10-4-5-11-22(21)31-23)20-9-6-15-34(18-20)24-12-13-25(33-32-24)35-16-14-28-26(35)19-7-2-1-3-8-19/h1-5,7-8,10-14,16,20H,6,9,15,17-18H2,(H,29,36)(H,30,31). The molecule has 36 heavy (non-hydrogen) atoms. The number of aromatic nitrogens is 6. The molecule has 0 saturated carbocycles. The number of para-hydroxylation sites is 2. The second-order valence-electron chi connectivity index (χ2n) is 8.94. The number of aromatic amines is 1. The summed E-state index contributed by atoms with van der Waals surface area (Å²) in [6, 6.07) is 21.8. The Hall–Kier alpha value is -4.53. The highest BCUT2D eigenvalue weighted by Crippen LogP contribution is 2.24. The van der Waals surface area contributed by atoms with E-state index in [1.165, 1.54) is 0 Å². The van der Waals surface area contributed by atoms with E-state index in [1.54, 1.807) is 6.20 Å². The molecule has 1 atom stereocenters. The number of carbonyl (C=O) groups excluding carboxylic acids is 1.